The molecule has 0 bridgehead atoms. The van der Waals surface area contributed by atoms with E-state index >= 15 is 0 Å². The van der Waals surface area contributed by atoms with Crippen molar-refractivity contribution in [3.63, 3.8) is 0 Å². The fourth-order valence-corrected chi connectivity index (χ4v) is 2.58. The molecule has 0 radical (unpaired) electrons. The van der Waals surface area contributed by atoms with Gasteiger partial charge in [0.15, 0.2) is 0 Å². The van der Waals surface area contributed by atoms with Crippen molar-refractivity contribution in [2.24, 2.45) is 0 Å². The molecule has 0 spiro atoms. The largest absolute Gasteiger partial charge is 0.382 e. The number of nitrogens with one attached hydrogen (secondary N) is 2. The number of hydrogen-bond acceptors (Lipinski definition) is 4. The van der Waals surface area contributed by atoms with Crippen LogP contribution in [0, 0.1) is 0 Å². The van der Waals surface area contributed by atoms with Crippen LogP contribution in [0.1, 0.15) is 25.3 Å². The maximum Gasteiger partial charge on any atom is 0.240 e. The van der Waals surface area contributed by atoms with Gasteiger partial charge in [-0.2, -0.15) is 0 Å². The predicted molar refractivity (Wildman–Crippen MR) is 85.1 cm³/mol. The maximum absolute atomic E-state index is 11.7. The lowest BCUT2D eigenvalue weighted by Gasteiger charge is -2.06. The molecular weight excluding hydrogens is 304 g/mol. The van der Waals surface area contributed by atoms with Crippen molar-refractivity contribution in [2.75, 3.05) is 26.8 Å². The molecule has 1 rings (SSSR count). The number of carbonyl (C=O) groups is 1. The molecule has 7 heteroatoms. The number of sulfonamides is 1. The summed E-state index contributed by atoms with van der Waals surface area (Å²) >= 11 is 0. The summed E-state index contributed by atoms with van der Waals surface area (Å²) < 4.78 is 30.6. The lowest BCUT2D eigenvalue weighted by atomic mass is 10.1. The molecule has 1 aromatic rings. The monoisotopic (exact) mass is 328 g/mol. The van der Waals surface area contributed by atoms with E-state index in [2.05, 4.69) is 10.0 Å². The van der Waals surface area contributed by atoms with Crippen molar-refractivity contribution < 1.29 is 17.9 Å². The van der Waals surface area contributed by atoms with Gasteiger partial charge in [0.2, 0.25) is 15.9 Å². The highest BCUT2D eigenvalue weighted by atomic mass is 32.2. The molecule has 0 heterocycles. The third-order valence-corrected chi connectivity index (χ3v) is 4.57. The van der Waals surface area contributed by atoms with E-state index in [1.54, 1.807) is 24.3 Å². The van der Waals surface area contributed by atoms with Crippen molar-refractivity contribution in [3.8, 4) is 0 Å². The zero-order valence-corrected chi connectivity index (χ0v) is 13.9. The molecule has 0 saturated carbocycles. The lowest BCUT2D eigenvalue weighted by Crippen LogP contribution is -2.25. The maximum atomic E-state index is 11.7. The minimum Gasteiger partial charge on any atom is -0.382 e. The topological polar surface area (TPSA) is 84.5 Å². The van der Waals surface area contributed by atoms with E-state index in [1.165, 1.54) is 7.05 Å². The van der Waals surface area contributed by atoms with Crippen molar-refractivity contribution in [1.29, 1.82) is 0 Å². The average molecular weight is 328 g/mol. The van der Waals surface area contributed by atoms with E-state index in [0.29, 0.717) is 32.6 Å². The van der Waals surface area contributed by atoms with Gasteiger partial charge in [-0.25, -0.2) is 13.1 Å². The van der Waals surface area contributed by atoms with E-state index < -0.39 is 10.0 Å². The number of benzene rings is 1. The van der Waals surface area contributed by atoms with Gasteiger partial charge in [0.1, 0.15) is 0 Å². The number of carbonyl (C=O) groups excluding carboxylic acids is 1. The van der Waals surface area contributed by atoms with Crippen LogP contribution in [0.15, 0.2) is 29.2 Å². The molecule has 0 unspecified atom stereocenters. The summed E-state index contributed by atoms with van der Waals surface area (Å²) in [5.41, 5.74) is 0.930. The van der Waals surface area contributed by atoms with Gasteiger partial charge >= 0.3 is 0 Å². The first-order valence-corrected chi connectivity index (χ1v) is 8.85. The van der Waals surface area contributed by atoms with Gasteiger partial charge in [-0.1, -0.05) is 12.1 Å². The Morgan fingerprint density at radius 2 is 1.91 bits per heavy atom. The normalized spacial score (nSPS) is 11.4. The van der Waals surface area contributed by atoms with Crippen LogP contribution in [0.2, 0.25) is 0 Å². The van der Waals surface area contributed by atoms with Crippen LogP contribution >= 0.6 is 0 Å². The van der Waals surface area contributed by atoms with Gasteiger partial charge in [0.05, 0.1) is 4.90 Å². The molecular formula is C15H24N2O4S. The third-order valence-electron chi connectivity index (χ3n) is 3.13. The van der Waals surface area contributed by atoms with E-state index in [1.807, 2.05) is 6.92 Å². The Morgan fingerprint density at radius 3 is 2.50 bits per heavy atom. The minimum absolute atomic E-state index is 0.0107. The van der Waals surface area contributed by atoms with Gasteiger partial charge in [0.25, 0.3) is 0 Å². The second-order valence-corrected chi connectivity index (χ2v) is 6.64. The molecule has 6 nitrogen and oxygen atoms in total. The number of ether oxygens (including phenoxy) is 1. The highest BCUT2D eigenvalue weighted by molar-refractivity contribution is 7.89. The summed E-state index contributed by atoms with van der Waals surface area (Å²) in [5.74, 6) is -0.0107. The molecule has 0 atom stereocenters. The Balaban J connectivity index is 2.34. The predicted octanol–water partition coefficient (Wildman–Crippen LogP) is 1.07. The quantitative estimate of drug-likeness (QED) is 0.629. The number of hydrogen-bond donors (Lipinski definition) is 2. The van der Waals surface area contributed by atoms with Crippen molar-refractivity contribution in [3.05, 3.63) is 29.8 Å². The van der Waals surface area contributed by atoms with Crippen LogP contribution in [-0.2, 0) is 26.0 Å². The molecule has 2 N–H and O–H groups in total. The first kappa shape index (κ1) is 18.6. The Morgan fingerprint density at radius 1 is 1.23 bits per heavy atom. The molecule has 22 heavy (non-hydrogen) atoms. The Labute approximate surface area is 132 Å². The summed E-state index contributed by atoms with van der Waals surface area (Å²) in [6.07, 6.45) is 1.76. The second-order valence-electron chi connectivity index (χ2n) is 4.75. The first-order valence-electron chi connectivity index (χ1n) is 7.36. The van der Waals surface area contributed by atoms with Crippen LogP contribution < -0.4 is 10.0 Å². The van der Waals surface area contributed by atoms with Gasteiger partial charge < -0.3 is 10.1 Å². The Bertz CT molecular complexity index is 555. The summed E-state index contributed by atoms with van der Waals surface area (Å²) in [7, 11) is -2.03. The van der Waals surface area contributed by atoms with E-state index in [9.17, 15) is 13.2 Å². The van der Waals surface area contributed by atoms with E-state index in [4.69, 9.17) is 4.74 Å². The zero-order valence-electron chi connectivity index (χ0n) is 13.1. The highest BCUT2D eigenvalue weighted by Crippen LogP contribution is 2.11. The smallest absolute Gasteiger partial charge is 0.240 e. The molecule has 0 saturated heterocycles. The molecule has 0 aliphatic heterocycles. The minimum atomic E-state index is -3.41. The standard InChI is InChI=1S/C15H24N2O4S/c1-3-21-12-4-11-17-15(18)10-7-13-5-8-14(9-6-13)22(19,20)16-2/h5-6,8-9,16H,3-4,7,10-12H2,1-2H3,(H,17,18). The van der Waals surface area contributed by atoms with Crippen molar-refractivity contribution in [1.82, 2.24) is 10.0 Å². The van der Waals surface area contributed by atoms with Crippen LogP contribution in [0.25, 0.3) is 0 Å². The van der Waals surface area contributed by atoms with Gasteiger partial charge in [-0.3, -0.25) is 4.79 Å². The molecule has 0 aliphatic carbocycles. The third kappa shape index (κ3) is 6.55. The van der Waals surface area contributed by atoms with Crippen LogP contribution in [0.3, 0.4) is 0 Å². The van der Waals surface area contributed by atoms with Crippen LogP contribution in [-0.4, -0.2) is 41.1 Å². The summed E-state index contributed by atoms with van der Waals surface area (Å²) in [6, 6.07) is 6.54. The average Bonchev–Trinajstić information content (AvgIpc) is 2.53. The fourth-order valence-electron chi connectivity index (χ4n) is 1.85. The van der Waals surface area contributed by atoms with E-state index in [-0.39, 0.29) is 10.8 Å². The van der Waals surface area contributed by atoms with Crippen molar-refractivity contribution in [2.45, 2.75) is 31.1 Å². The molecule has 0 aromatic heterocycles. The Kier molecular flexibility index (Phi) is 8.08. The SMILES string of the molecule is CCOCCCNC(=O)CCc1ccc(S(=O)(=O)NC)cc1. The summed E-state index contributed by atoms with van der Waals surface area (Å²) in [5, 5.41) is 2.83. The fraction of sp³-hybridized carbons (Fsp3) is 0.533. The second kappa shape index (κ2) is 9.55. The molecule has 0 fully saturated rings. The van der Waals surface area contributed by atoms with Crippen molar-refractivity contribution >= 4 is 15.9 Å². The van der Waals surface area contributed by atoms with Gasteiger partial charge in [-0.15, -0.1) is 0 Å². The summed E-state index contributed by atoms with van der Waals surface area (Å²) in [4.78, 5) is 11.9. The Hall–Kier alpha value is -1.44. The van der Waals surface area contributed by atoms with E-state index in [0.717, 1.165) is 12.0 Å². The highest BCUT2D eigenvalue weighted by Gasteiger charge is 2.10. The van der Waals surface area contributed by atoms with Gasteiger partial charge in [0, 0.05) is 26.2 Å². The van der Waals surface area contributed by atoms with Crippen LogP contribution in [0.5, 0.6) is 0 Å². The zero-order chi connectivity index (χ0) is 16.4. The number of rotatable bonds is 10. The lowest BCUT2D eigenvalue weighted by molar-refractivity contribution is -0.121. The van der Waals surface area contributed by atoms with Gasteiger partial charge in [-0.05, 0) is 44.5 Å². The molecule has 0 aliphatic rings. The first-order chi connectivity index (χ1) is 10.5. The van der Waals surface area contributed by atoms with Crippen LogP contribution in [0.4, 0.5) is 0 Å². The molecule has 1 aromatic carbocycles. The number of aryl methyl sites for hydroxylation is 1. The molecule has 1 amide bonds. The molecule has 124 valence electrons. The summed E-state index contributed by atoms with van der Waals surface area (Å²) in [6.45, 7) is 3.88. The number of amides is 1.